The zero-order valence-electron chi connectivity index (χ0n) is 14.3. The number of hydrogen-bond acceptors (Lipinski definition) is 5. The maximum absolute atomic E-state index is 12.4. The van der Waals surface area contributed by atoms with E-state index < -0.39 is 46.7 Å². The molecule has 0 spiro atoms. The molecule has 1 aromatic carbocycles. The lowest BCUT2D eigenvalue weighted by molar-refractivity contribution is -0.167. The van der Waals surface area contributed by atoms with Gasteiger partial charge >= 0.3 is 5.97 Å². The van der Waals surface area contributed by atoms with E-state index in [-0.39, 0.29) is 0 Å². The molecule has 1 aromatic rings. The van der Waals surface area contributed by atoms with Gasteiger partial charge in [-0.1, -0.05) is 30.3 Å². The summed E-state index contributed by atoms with van der Waals surface area (Å²) in [7, 11) is 0. The van der Waals surface area contributed by atoms with Gasteiger partial charge in [0.05, 0.1) is 6.04 Å². The molecule has 0 bridgehead atoms. The highest BCUT2D eigenvalue weighted by Crippen LogP contribution is 2.32. The smallest absolute Gasteiger partial charge is 0.327 e. The Balaban J connectivity index is 2.07. The second-order valence-electron chi connectivity index (χ2n) is 6.76. The Morgan fingerprint density at radius 3 is 2.32 bits per heavy atom. The molecule has 1 saturated heterocycles. The zero-order chi connectivity index (χ0) is 18.9. The summed E-state index contributed by atoms with van der Waals surface area (Å²) in [6.45, 7) is 4.95. The normalized spacial score (nSPS) is 22.8. The minimum Gasteiger partial charge on any atom is -0.480 e. The maximum atomic E-state index is 12.4. The maximum Gasteiger partial charge on any atom is 0.327 e. The van der Waals surface area contributed by atoms with E-state index in [1.54, 1.807) is 45.0 Å². The highest BCUT2D eigenvalue weighted by atomic mass is 32.1. The quantitative estimate of drug-likeness (QED) is 0.435. The molecule has 4 N–H and O–H groups in total. The van der Waals surface area contributed by atoms with Gasteiger partial charge in [0.15, 0.2) is 0 Å². The molecule has 136 valence electrons. The number of nitrogens with two attached hydrogens (primary N) is 1. The number of carboxylic acids is 1. The summed E-state index contributed by atoms with van der Waals surface area (Å²) >= 11 is 4.30. The van der Waals surface area contributed by atoms with Crippen LogP contribution in [0.3, 0.4) is 0 Å². The molecule has 0 saturated carbocycles. The van der Waals surface area contributed by atoms with Gasteiger partial charge in [-0.05, 0) is 26.3 Å². The van der Waals surface area contributed by atoms with Crippen molar-refractivity contribution in [3.05, 3.63) is 35.9 Å². The Bertz CT molecular complexity index is 674. The molecular formula is C17H23N3O4S. The van der Waals surface area contributed by atoms with Crippen LogP contribution in [0.25, 0.3) is 0 Å². The van der Waals surface area contributed by atoms with Crippen LogP contribution >= 0.6 is 12.6 Å². The van der Waals surface area contributed by atoms with Gasteiger partial charge in [-0.3, -0.25) is 9.59 Å². The zero-order valence-corrected chi connectivity index (χ0v) is 15.2. The molecule has 8 heteroatoms. The van der Waals surface area contributed by atoms with Crippen LogP contribution < -0.4 is 11.1 Å². The number of thiol groups is 1. The third-order valence-corrected chi connectivity index (χ3v) is 4.61. The number of nitrogens with zero attached hydrogens (tertiary/aromatic N) is 1. The number of carboxylic acid groups (broad SMARTS) is 1. The molecule has 1 fully saturated rings. The Morgan fingerprint density at radius 1 is 1.32 bits per heavy atom. The van der Waals surface area contributed by atoms with Crippen LogP contribution in [0.5, 0.6) is 0 Å². The van der Waals surface area contributed by atoms with Crippen molar-refractivity contribution in [3.8, 4) is 0 Å². The van der Waals surface area contributed by atoms with Gasteiger partial charge in [0, 0.05) is 4.75 Å². The molecule has 1 aliphatic heterocycles. The number of likely N-dealkylation sites (tertiary alicyclic amines) is 1. The molecule has 0 unspecified atom stereocenters. The topological polar surface area (TPSA) is 113 Å². The predicted octanol–water partition coefficient (Wildman–Crippen LogP) is 0.563. The van der Waals surface area contributed by atoms with E-state index in [2.05, 4.69) is 17.9 Å². The van der Waals surface area contributed by atoms with Crippen LogP contribution in [0.15, 0.2) is 30.3 Å². The molecule has 1 aliphatic rings. The van der Waals surface area contributed by atoms with Crippen molar-refractivity contribution in [2.45, 2.75) is 49.7 Å². The largest absolute Gasteiger partial charge is 0.480 e. The first-order valence-corrected chi connectivity index (χ1v) is 8.38. The lowest BCUT2D eigenvalue weighted by Crippen LogP contribution is -2.75. The molecule has 25 heavy (non-hydrogen) atoms. The minimum atomic E-state index is -1.13. The third-order valence-electron chi connectivity index (χ3n) is 4.36. The van der Waals surface area contributed by atoms with E-state index in [0.717, 1.165) is 0 Å². The number of nitrogens with one attached hydrogen (secondary N) is 1. The molecule has 7 nitrogen and oxygen atoms in total. The SMILES string of the molecule is C[C@@H]1[C@H](NC(=O)[C@H](N)c2ccccc2)C(=O)N1[C@@H](C(=O)O)C(C)(C)S. The second-order valence-corrected chi connectivity index (χ2v) is 7.91. The van der Waals surface area contributed by atoms with Gasteiger partial charge < -0.3 is 21.1 Å². The van der Waals surface area contributed by atoms with E-state index in [1.807, 2.05) is 6.07 Å². The first-order chi connectivity index (χ1) is 11.6. The van der Waals surface area contributed by atoms with Crippen LogP contribution in [0.1, 0.15) is 32.4 Å². The van der Waals surface area contributed by atoms with E-state index in [9.17, 15) is 19.5 Å². The lowest BCUT2D eigenvalue weighted by atomic mass is 9.89. The van der Waals surface area contributed by atoms with Gasteiger partial charge in [0.1, 0.15) is 18.1 Å². The Labute approximate surface area is 152 Å². The number of carbonyl (C=O) groups excluding carboxylic acids is 2. The number of carbonyl (C=O) groups is 3. The first-order valence-electron chi connectivity index (χ1n) is 7.94. The van der Waals surface area contributed by atoms with Crippen molar-refractivity contribution in [2.75, 3.05) is 0 Å². The number of β-lactam (4-membered cyclic amide) rings is 1. The summed E-state index contributed by atoms with van der Waals surface area (Å²) in [5.74, 6) is -2.06. The molecule has 0 radical (unpaired) electrons. The van der Waals surface area contributed by atoms with E-state index in [0.29, 0.717) is 5.56 Å². The highest BCUT2D eigenvalue weighted by Gasteiger charge is 2.54. The van der Waals surface area contributed by atoms with Gasteiger partial charge in [0.2, 0.25) is 11.8 Å². The van der Waals surface area contributed by atoms with Crippen LogP contribution in [-0.4, -0.2) is 50.7 Å². The fourth-order valence-corrected chi connectivity index (χ4v) is 3.24. The van der Waals surface area contributed by atoms with E-state index >= 15 is 0 Å². The number of rotatable bonds is 6. The molecular weight excluding hydrogens is 342 g/mol. The Hall–Kier alpha value is -2.06. The minimum absolute atomic E-state index is 0.448. The Morgan fingerprint density at radius 2 is 1.88 bits per heavy atom. The highest BCUT2D eigenvalue weighted by molar-refractivity contribution is 7.81. The van der Waals surface area contributed by atoms with Gasteiger partial charge in [-0.15, -0.1) is 0 Å². The standard InChI is InChI=1S/C17H23N3O4S/c1-9-12(15(22)20(9)13(16(23)24)17(2,3)25)19-14(21)11(18)10-7-5-4-6-8-10/h4-9,11-13,25H,18H2,1-3H3,(H,19,21)(H,23,24)/t9-,11-,12+,13+/m1/s1. The first kappa shape index (κ1) is 19.3. The average Bonchev–Trinajstić information content (AvgIpc) is 2.55. The molecule has 4 atom stereocenters. The van der Waals surface area contributed by atoms with E-state index in [1.165, 1.54) is 4.90 Å². The fraction of sp³-hybridized carbons (Fsp3) is 0.471. The molecule has 0 aromatic heterocycles. The van der Waals surface area contributed by atoms with Crippen LogP contribution in [-0.2, 0) is 14.4 Å². The number of hydrogen-bond donors (Lipinski definition) is 4. The van der Waals surface area contributed by atoms with Gasteiger partial charge in [-0.2, -0.15) is 12.6 Å². The predicted molar refractivity (Wildman–Crippen MR) is 96.1 cm³/mol. The van der Waals surface area contributed by atoms with Gasteiger partial charge in [0.25, 0.3) is 0 Å². The van der Waals surface area contributed by atoms with Crippen LogP contribution in [0.2, 0.25) is 0 Å². The summed E-state index contributed by atoms with van der Waals surface area (Å²) < 4.78 is -0.925. The van der Waals surface area contributed by atoms with E-state index in [4.69, 9.17) is 5.73 Å². The van der Waals surface area contributed by atoms with Crippen molar-refractivity contribution in [2.24, 2.45) is 5.73 Å². The van der Waals surface area contributed by atoms with Gasteiger partial charge in [-0.25, -0.2) is 4.79 Å². The van der Waals surface area contributed by atoms with Crippen molar-refractivity contribution in [1.29, 1.82) is 0 Å². The molecule has 2 rings (SSSR count). The molecule has 1 heterocycles. The summed E-state index contributed by atoms with van der Waals surface area (Å²) in [5.41, 5.74) is 6.56. The second kappa shape index (κ2) is 7.05. The summed E-state index contributed by atoms with van der Waals surface area (Å²) in [6.07, 6.45) is 0. The molecule has 0 aliphatic carbocycles. The fourth-order valence-electron chi connectivity index (χ4n) is 3.01. The van der Waals surface area contributed by atoms with Crippen LogP contribution in [0, 0.1) is 0 Å². The number of benzene rings is 1. The van der Waals surface area contributed by atoms with Crippen molar-refractivity contribution < 1.29 is 19.5 Å². The molecule has 2 amide bonds. The summed E-state index contributed by atoms with van der Waals surface area (Å²) in [4.78, 5) is 37.5. The van der Waals surface area contributed by atoms with Crippen molar-refractivity contribution >= 4 is 30.4 Å². The lowest BCUT2D eigenvalue weighted by Gasteiger charge is -2.51. The van der Waals surface area contributed by atoms with Crippen LogP contribution in [0.4, 0.5) is 0 Å². The third kappa shape index (κ3) is 3.80. The van der Waals surface area contributed by atoms with Crippen molar-refractivity contribution in [1.82, 2.24) is 10.2 Å². The summed E-state index contributed by atoms with van der Waals surface area (Å²) in [6, 6.07) is 5.57. The summed E-state index contributed by atoms with van der Waals surface area (Å²) in [5, 5.41) is 12.1. The average molecular weight is 365 g/mol. The Kier molecular flexibility index (Phi) is 5.43. The number of amides is 2. The monoisotopic (exact) mass is 365 g/mol. The van der Waals surface area contributed by atoms with Crippen molar-refractivity contribution in [3.63, 3.8) is 0 Å². The number of aliphatic carboxylic acids is 1.